The van der Waals surface area contributed by atoms with E-state index in [0.29, 0.717) is 32.4 Å². The van der Waals surface area contributed by atoms with Gasteiger partial charge in [-0.15, -0.1) is 0 Å². The molecular formula is C13H24N2O4. The Labute approximate surface area is 113 Å². The van der Waals surface area contributed by atoms with Crippen molar-refractivity contribution in [2.45, 2.75) is 50.6 Å². The Kier molecular flexibility index (Phi) is 5.75. The molecule has 1 saturated heterocycles. The van der Waals surface area contributed by atoms with Crippen LogP contribution in [0, 0.1) is 0 Å². The van der Waals surface area contributed by atoms with Crippen LogP contribution in [0.3, 0.4) is 0 Å². The zero-order valence-corrected chi connectivity index (χ0v) is 11.7. The van der Waals surface area contributed by atoms with E-state index in [1.54, 1.807) is 14.0 Å². The fraction of sp³-hybridized carbons (Fsp3) is 0.846. The van der Waals surface area contributed by atoms with E-state index in [2.05, 4.69) is 0 Å². The smallest absolute Gasteiger partial charge is 0.329 e. The van der Waals surface area contributed by atoms with Gasteiger partial charge in [0.15, 0.2) is 0 Å². The lowest BCUT2D eigenvalue weighted by Gasteiger charge is -2.42. The summed E-state index contributed by atoms with van der Waals surface area (Å²) in [4.78, 5) is 25.2. The van der Waals surface area contributed by atoms with E-state index in [1.165, 1.54) is 4.90 Å². The first-order chi connectivity index (χ1) is 8.93. The van der Waals surface area contributed by atoms with Crippen molar-refractivity contribution in [3.05, 3.63) is 0 Å². The van der Waals surface area contributed by atoms with Crippen molar-refractivity contribution < 1.29 is 19.4 Å². The third kappa shape index (κ3) is 3.67. The van der Waals surface area contributed by atoms with Crippen LogP contribution in [0.1, 0.15) is 39.0 Å². The number of ether oxygens (including phenoxy) is 1. The van der Waals surface area contributed by atoms with Gasteiger partial charge in [0, 0.05) is 20.3 Å². The summed E-state index contributed by atoms with van der Waals surface area (Å²) in [6, 6.07) is -0.646. The highest BCUT2D eigenvalue weighted by Gasteiger charge is 2.44. The minimum absolute atomic E-state index is 0.263. The maximum absolute atomic E-state index is 12.3. The number of carboxylic acids is 1. The van der Waals surface area contributed by atoms with Crippen LogP contribution in [0.5, 0.6) is 0 Å². The molecule has 1 aliphatic heterocycles. The van der Waals surface area contributed by atoms with Crippen LogP contribution in [0.4, 0.5) is 0 Å². The molecule has 1 fully saturated rings. The van der Waals surface area contributed by atoms with E-state index in [4.69, 9.17) is 10.5 Å². The van der Waals surface area contributed by atoms with Gasteiger partial charge in [-0.25, -0.2) is 4.79 Å². The fourth-order valence-electron chi connectivity index (χ4n) is 2.47. The largest absolute Gasteiger partial charge is 0.480 e. The highest BCUT2D eigenvalue weighted by molar-refractivity contribution is 5.89. The molecule has 0 aliphatic carbocycles. The number of nitrogens with zero attached hydrogens (tertiary/aromatic N) is 1. The van der Waals surface area contributed by atoms with Gasteiger partial charge in [-0.2, -0.15) is 0 Å². The third-order valence-corrected chi connectivity index (χ3v) is 3.80. The molecule has 6 nitrogen and oxygen atoms in total. The average Bonchev–Trinajstić information content (AvgIpc) is 2.38. The molecule has 2 unspecified atom stereocenters. The molecule has 0 aromatic rings. The van der Waals surface area contributed by atoms with Gasteiger partial charge in [0.2, 0.25) is 5.91 Å². The number of carboxylic acid groups (broad SMARTS) is 1. The third-order valence-electron chi connectivity index (χ3n) is 3.80. The van der Waals surface area contributed by atoms with Gasteiger partial charge in [-0.05, 0) is 39.0 Å². The molecule has 19 heavy (non-hydrogen) atoms. The molecule has 1 rings (SSSR count). The number of carbonyl (C=O) groups is 2. The van der Waals surface area contributed by atoms with Crippen molar-refractivity contribution in [1.82, 2.24) is 4.90 Å². The predicted molar refractivity (Wildman–Crippen MR) is 70.7 cm³/mol. The van der Waals surface area contributed by atoms with Crippen LogP contribution in [0.15, 0.2) is 0 Å². The van der Waals surface area contributed by atoms with Crippen LogP contribution in [-0.4, -0.2) is 53.7 Å². The zero-order valence-electron chi connectivity index (χ0n) is 11.7. The van der Waals surface area contributed by atoms with E-state index < -0.39 is 17.6 Å². The number of rotatable bonds is 6. The molecule has 0 saturated carbocycles. The van der Waals surface area contributed by atoms with Gasteiger partial charge in [0.1, 0.15) is 5.54 Å². The summed E-state index contributed by atoms with van der Waals surface area (Å²) < 4.78 is 4.92. The molecule has 6 heteroatoms. The number of aliphatic carboxylic acids is 1. The minimum Gasteiger partial charge on any atom is -0.480 e. The predicted octanol–water partition coefficient (Wildman–Crippen LogP) is 0.596. The standard InChI is InChI=1S/C13H24N2O4/c1-13(12(17)18)7-3-4-8-15(13)11(16)10(14)6-5-9-19-2/h10H,3-9,14H2,1-2H3,(H,17,18). The fourth-order valence-corrected chi connectivity index (χ4v) is 2.47. The Morgan fingerprint density at radius 1 is 1.47 bits per heavy atom. The van der Waals surface area contributed by atoms with E-state index in [-0.39, 0.29) is 5.91 Å². The second kappa shape index (κ2) is 6.86. The Hall–Kier alpha value is -1.14. The normalized spacial score (nSPS) is 25.1. The number of hydrogen-bond acceptors (Lipinski definition) is 4. The topological polar surface area (TPSA) is 92.9 Å². The number of likely N-dealkylation sites (tertiary alicyclic amines) is 1. The van der Waals surface area contributed by atoms with Crippen LogP contribution in [0.25, 0.3) is 0 Å². The molecule has 0 aromatic heterocycles. The van der Waals surface area contributed by atoms with Gasteiger partial charge in [0.05, 0.1) is 6.04 Å². The molecular weight excluding hydrogens is 248 g/mol. The first kappa shape index (κ1) is 15.9. The minimum atomic E-state index is -1.12. The molecule has 1 heterocycles. The summed E-state index contributed by atoms with van der Waals surface area (Å²) in [5, 5.41) is 9.36. The van der Waals surface area contributed by atoms with Crippen LogP contribution >= 0.6 is 0 Å². The molecule has 0 spiro atoms. The lowest BCUT2D eigenvalue weighted by atomic mass is 9.87. The summed E-state index contributed by atoms with van der Waals surface area (Å²) in [7, 11) is 1.60. The number of hydrogen-bond donors (Lipinski definition) is 2. The second-order valence-corrected chi connectivity index (χ2v) is 5.27. The maximum Gasteiger partial charge on any atom is 0.329 e. The summed E-state index contributed by atoms with van der Waals surface area (Å²) in [5.41, 5.74) is 4.75. The first-order valence-corrected chi connectivity index (χ1v) is 6.73. The van der Waals surface area contributed by atoms with E-state index in [1.807, 2.05) is 0 Å². The van der Waals surface area contributed by atoms with Gasteiger partial charge >= 0.3 is 5.97 Å². The van der Waals surface area contributed by atoms with Crippen LogP contribution < -0.4 is 5.73 Å². The Bertz CT molecular complexity index is 335. The quantitative estimate of drug-likeness (QED) is 0.691. The van der Waals surface area contributed by atoms with Crippen molar-refractivity contribution >= 4 is 11.9 Å². The number of amides is 1. The molecule has 1 amide bonds. The number of methoxy groups -OCH3 is 1. The molecule has 0 bridgehead atoms. The molecule has 0 aromatic carbocycles. The van der Waals surface area contributed by atoms with Crippen LogP contribution in [-0.2, 0) is 14.3 Å². The highest BCUT2D eigenvalue weighted by atomic mass is 16.5. The van der Waals surface area contributed by atoms with Gasteiger partial charge < -0.3 is 20.5 Å². The second-order valence-electron chi connectivity index (χ2n) is 5.27. The van der Waals surface area contributed by atoms with Crippen LogP contribution in [0.2, 0.25) is 0 Å². The maximum atomic E-state index is 12.3. The number of piperidine rings is 1. The van der Waals surface area contributed by atoms with Crippen molar-refractivity contribution in [2.75, 3.05) is 20.3 Å². The lowest BCUT2D eigenvalue weighted by molar-refractivity contribution is -0.161. The Morgan fingerprint density at radius 3 is 2.74 bits per heavy atom. The number of nitrogens with two attached hydrogens (primary N) is 1. The van der Waals surface area contributed by atoms with Crippen molar-refractivity contribution in [3.8, 4) is 0 Å². The summed E-state index contributed by atoms with van der Waals surface area (Å²) in [5.74, 6) is -1.22. The average molecular weight is 272 g/mol. The molecule has 0 radical (unpaired) electrons. The van der Waals surface area contributed by atoms with Gasteiger partial charge in [-0.3, -0.25) is 4.79 Å². The zero-order chi connectivity index (χ0) is 14.5. The Balaban J connectivity index is 2.69. The summed E-state index contributed by atoms with van der Waals surface area (Å²) in [6.45, 7) is 2.63. The first-order valence-electron chi connectivity index (χ1n) is 6.73. The monoisotopic (exact) mass is 272 g/mol. The summed E-state index contributed by atoms with van der Waals surface area (Å²) >= 11 is 0. The highest BCUT2D eigenvalue weighted by Crippen LogP contribution is 2.29. The summed E-state index contributed by atoms with van der Waals surface area (Å²) in [6.07, 6.45) is 3.35. The van der Waals surface area contributed by atoms with Crippen molar-refractivity contribution in [3.63, 3.8) is 0 Å². The van der Waals surface area contributed by atoms with E-state index in [0.717, 1.165) is 12.8 Å². The lowest BCUT2D eigenvalue weighted by Crippen LogP contribution is -2.60. The Morgan fingerprint density at radius 2 is 2.16 bits per heavy atom. The van der Waals surface area contributed by atoms with Gasteiger partial charge in [0.25, 0.3) is 0 Å². The van der Waals surface area contributed by atoms with Crippen molar-refractivity contribution in [2.24, 2.45) is 5.73 Å². The molecule has 3 N–H and O–H groups in total. The van der Waals surface area contributed by atoms with Crippen molar-refractivity contribution in [1.29, 1.82) is 0 Å². The number of carbonyl (C=O) groups excluding carboxylic acids is 1. The van der Waals surface area contributed by atoms with E-state index in [9.17, 15) is 14.7 Å². The molecule has 110 valence electrons. The SMILES string of the molecule is COCCCC(N)C(=O)N1CCCCC1(C)C(=O)O. The van der Waals surface area contributed by atoms with Gasteiger partial charge in [-0.1, -0.05) is 0 Å². The molecule has 2 atom stereocenters. The van der Waals surface area contributed by atoms with E-state index >= 15 is 0 Å². The molecule has 1 aliphatic rings.